The van der Waals surface area contributed by atoms with E-state index >= 15 is 0 Å². The van der Waals surface area contributed by atoms with E-state index in [1.165, 1.54) is 0 Å². The molecule has 0 unspecified atom stereocenters. The number of halogens is 1. The molecule has 5 nitrogen and oxygen atoms in total. The number of ether oxygens (including phenoxy) is 1. The van der Waals surface area contributed by atoms with Gasteiger partial charge in [-0.25, -0.2) is 4.98 Å². The molecule has 0 radical (unpaired) electrons. The van der Waals surface area contributed by atoms with Gasteiger partial charge in [0.2, 0.25) is 5.13 Å². The molecule has 3 aromatic rings. The largest absolute Gasteiger partial charge is 0.503 e. The zero-order valence-electron chi connectivity index (χ0n) is 14.4. The van der Waals surface area contributed by atoms with Crippen LogP contribution < -0.4 is 10.2 Å². The summed E-state index contributed by atoms with van der Waals surface area (Å²) in [5.41, 5.74) is 5.80. The summed E-state index contributed by atoms with van der Waals surface area (Å²) < 4.78 is 5.98. The van der Waals surface area contributed by atoms with Crippen molar-refractivity contribution in [1.82, 2.24) is 4.98 Å². The van der Waals surface area contributed by atoms with Gasteiger partial charge in [-0.3, -0.25) is 5.43 Å². The Kier molecular flexibility index (Phi) is 5.90. The van der Waals surface area contributed by atoms with Gasteiger partial charge < -0.3 is 9.84 Å². The van der Waals surface area contributed by atoms with Gasteiger partial charge in [0, 0.05) is 10.4 Å². The molecule has 2 aromatic carbocycles. The first kappa shape index (κ1) is 18.4. The summed E-state index contributed by atoms with van der Waals surface area (Å²) in [6.07, 6.45) is 1.66. The number of benzene rings is 2. The lowest BCUT2D eigenvalue weighted by Crippen LogP contribution is -1.95. The number of thiazole rings is 1. The Bertz CT molecular complexity index is 926. The Hall–Kier alpha value is -2.38. The van der Waals surface area contributed by atoms with E-state index in [1.807, 2.05) is 44.2 Å². The lowest BCUT2D eigenvalue weighted by atomic mass is 10.1. The van der Waals surface area contributed by atoms with E-state index < -0.39 is 0 Å². The molecular formula is C19H18BrN3O2S. The Morgan fingerprint density at radius 1 is 1.31 bits per heavy atom. The lowest BCUT2D eigenvalue weighted by molar-refractivity contribution is 0.317. The molecule has 2 N–H and O–H groups in total. The minimum Gasteiger partial charge on any atom is -0.503 e. The number of rotatable bonds is 6. The van der Waals surface area contributed by atoms with E-state index in [4.69, 9.17) is 4.74 Å². The first-order chi connectivity index (χ1) is 12.6. The third kappa shape index (κ3) is 4.23. The predicted octanol–water partition coefficient (Wildman–Crippen LogP) is 5.43. The second kappa shape index (κ2) is 8.33. The average molecular weight is 432 g/mol. The van der Waals surface area contributed by atoms with E-state index in [2.05, 4.69) is 31.4 Å². The highest BCUT2D eigenvalue weighted by Crippen LogP contribution is 2.35. The predicted molar refractivity (Wildman–Crippen MR) is 110 cm³/mol. The standard InChI is InChI=1S/C19H18BrN3O2S/c1-3-25-16-10-13(9-15(20)18(16)24)11-21-23-19-22-17(12(2)26-19)14-7-5-4-6-8-14/h4-11,24H,3H2,1-2H3,(H,22,23)/b21-11-. The van der Waals surface area contributed by atoms with Crippen LogP contribution in [0.15, 0.2) is 52.0 Å². The number of anilines is 1. The van der Waals surface area contributed by atoms with Crippen LogP contribution in [0.2, 0.25) is 0 Å². The van der Waals surface area contributed by atoms with E-state index in [1.54, 1.807) is 29.7 Å². The quantitative estimate of drug-likeness (QED) is 0.403. The van der Waals surface area contributed by atoms with Gasteiger partial charge in [-0.2, -0.15) is 5.10 Å². The third-order valence-corrected chi connectivity index (χ3v) is 5.05. The number of aromatic hydroxyl groups is 1. The van der Waals surface area contributed by atoms with Crippen molar-refractivity contribution in [2.45, 2.75) is 13.8 Å². The van der Waals surface area contributed by atoms with Crippen molar-refractivity contribution in [3.8, 4) is 22.8 Å². The number of phenolic OH excluding ortho intramolecular Hbond substituents is 1. The number of nitrogens with one attached hydrogen (secondary N) is 1. The summed E-state index contributed by atoms with van der Waals surface area (Å²) >= 11 is 4.87. The maximum absolute atomic E-state index is 9.96. The Balaban J connectivity index is 1.75. The second-order valence-corrected chi connectivity index (χ2v) is 7.50. The molecule has 0 spiro atoms. The molecule has 0 atom stereocenters. The van der Waals surface area contributed by atoms with Gasteiger partial charge in [0.05, 0.1) is 23.0 Å². The number of hydrazone groups is 1. The average Bonchev–Trinajstić information content (AvgIpc) is 3.01. The van der Waals surface area contributed by atoms with Crippen molar-refractivity contribution in [3.05, 3.63) is 57.4 Å². The Morgan fingerprint density at radius 2 is 2.08 bits per heavy atom. The molecule has 0 aliphatic rings. The number of nitrogens with zero attached hydrogens (tertiary/aromatic N) is 2. The van der Waals surface area contributed by atoms with E-state index in [0.29, 0.717) is 16.8 Å². The SMILES string of the molecule is CCOc1cc(/C=N\Nc2nc(-c3ccccc3)c(C)s2)cc(Br)c1O. The molecule has 1 aromatic heterocycles. The van der Waals surface area contributed by atoms with Gasteiger partial charge in [0.25, 0.3) is 0 Å². The van der Waals surface area contributed by atoms with Crippen LogP contribution in [0.4, 0.5) is 5.13 Å². The van der Waals surface area contributed by atoms with E-state index in [0.717, 1.165) is 26.8 Å². The molecule has 0 amide bonds. The molecule has 0 bridgehead atoms. The number of aryl methyl sites for hydroxylation is 1. The van der Waals surface area contributed by atoms with Gasteiger partial charge in [-0.05, 0) is 47.5 Å². The monoisotopic (exact) mass is 431 g/mol. The smallest absolute Gasteiger partial charge is 0.204 e. The first-order valence-electron chi connectivity index (χ1n) is 8.05. The highest BCUT2D eigenvalue weighted by Gasteiger charge is 2.10. The first-order valence-corrected chi connectivity index (χ1v) is 9.66. The van der Waals surface area contributed by atoms with E-state index in [-0.39, 0.29) is 5.75 Å². The van der Waals surface area contributed by atoms with Crippen LogP contribution >= 0.6 is 27.3 Å². The lowest BCUT2D eigenvalue weighted by Gasteiger charge is -2.08. The van der Waals surface area contributed by atoms with Gasteiger partial charge >= 0.3 is 0 Å². The molecule has 1 heterocycles. The van der Waals surface area contributed by atoms with Crippen molar-refractivity contribution in [2.75, 3.05) is 12.0 Å². The topological polar surface area (TPSA) is 66.7 Å². The molecule has 0 fully saturated rings. The second-order valence-electron chi connectivity index (χ2n) is 5.44. The van der Waals surface area contributed by atoms with Crippen molar-refractivity contribution in [2.24, 2.45) is 5.10 Å². The molecule has 0 saturated heterocycles. The maximum atomic E-state index is 9.96. The molecule has 134 valence electrons. The number of hydrogen-bond acceptors (Lipinski definition) is 6. The third-order valence-electron chi connectivity index (χ3n) is 3.57. The van der Waals surface area contributed by atoms with Crippen LogP contribution in [0.3, 0.4) is 0 Å². The van der Waals surface area contributed by atoms with Crippen LogP contribution in [0.5, 0.6) is 11.5 Å². The summed E-state index contributed by atoms with van der Waals surface area (Å²) in [6, 6.07) is 13.6. The fourth-order valence-corrected chi connectivity index (χ4v) is 3.65. The minimum absolute atomic E-state index is 0.0833. The van der Waals surface area contributed by atoms with Crippen LogP contribution in [0, 0.1) is 6.92 Å². The summed E-state index contributed by atoms with van der Waals surface area (Å²) in [6.45, 7) is 4.38. The summed E-state index contributed by atoms with van der Waals surface area (Å²) in [4.78, 5) is 5.73. The number of phenols is 1. The van der Waals surface area contributed by atoms with Crippen LogP contribution in [-0.2, 0) is 0 Å². The molecule has 3 rings (SSSR count). The highest BCUT2D eigenvalue weighted by atomic mass is 79.9. The fraction of sp³-hybridized carbons (Fsp3) is 0.158. The summed E-state index contributed by atoms with van der Waals surface area (Å²) in [5, 5.41) is 14.9. The molecule has 7 heteroatoms. The van der Waals surface area contributed by atoms with Gasteiger partial charge in [0.1, 0.15) is 0 Å². The van der Waals surface area contributed by atoms with Crippen molar-refractivity contribution >= 4 is 38.6 Å². The molecule has 0 saturated carbocycles. The fourth-order valence-electron chi connectivity index (χ4n) is 2.40. The molecule has 0 aliphatic heterocycles. The van der Waals surface area contributed by atoms with Gasteiger partial charge in [0.15, 0.2) is 11.5 Å². The normalized spacial score (nSPS) is 11.0. The Morgan fingerprint density at radius 3 is 2.81 bits per heavy atom. The molecule has 0 aliphatic carbocycles. The minimum atomic E-state index is 0.0833. The van der Waals surface area contributed by atoms with E-state index in [9.17, 15) is 5.11 Å². The maximum Gasteiger partial charge on any atom is 0.204 e. The van der Waals surface area contributed by atoms with Crippen molar-refractivity contribution < 1.29 is 9.84 Å². The van der Waals surface area contributed by atoms with Crippen LogP contribution in [-0.4, -0.2) is 22.9 Å². The van der Waals surface area contributed by atoms with Crippen molar-refractivity contribution in [1.29, 1.82) is 0 Å². The van der Waals surface area contributed by atoms with Crippen LogP contribution in [0.1, 0.15) is 17.4 Å². The number of hydrogen-bond donors (Lipinski definition) is 2. The summed E-state index contributed by atoms with van der Waals surface area (Å²) in [5.74, 6) is 0.500. The van der Waals surface area contributed by atoms with Crippen LogP contribution in [0.25, 0.3) is 11.3 Å². The molecular weight excluding hydrogens is 414 g/mol. The number of aromatic nitrogens is 1. The zero-order chi connectivity index (χ0) is 18.5. The highest BCUT2D eigenvalue weighted by molar-refractivity contribution is 9.10. The zero-order valence-corrected chi connectivity index (χ0v) is 16.8. The summed E-state index contributed by atoms with van der Waals surface area (Å²) in [7, 11) is 0. The Labute approximate surface area is 164 Å². The van der Waals surface area contributed by atoms with Gasteiger partial charge in [-0.1, -0.05) is 30.3 Å². The van der Waals surface area contributed by atoms with Gasteiger partial charge in [-0.15, -0.1) is 11.3 Å². The molecule has 26 heavy (non-hydrogen) atoms. The van der Waals surface area contributed by atoms with Crippen molar-refractivity contribution in [3.63, 3.8) is 0 Å².